The number of amides is 1. The Morgan fingerprint density at radius 3 is 2.49 bits per heavy atom. The van der Waals surface area contributed by atoms with E-state index in [4.69, 9.17) is 16.3 Å². The van der Waals surface area contributed by atoms with Crippen molar-refractivity contribution in [3.05, 3.63) is 59.4 Å². The number of carbonyl (C=O) groups is 1. The van der Waals surface area contributed by atoms with E-state index in [9.17, 15) is 14.3 Å². The number of halogens is 3. The van der Waals surface area contributed by atoms with Gasteiger partial charge in [0.2, 0.25) is 0 Å². The first-order valence-electron chi connectivity index (χ1n) is 11.8. The number of ether oxygens (including phenoxy) is 1. The standard InChI is InChI=1S/C27H25ClF2N4O3/c1-27(2,3)37-26(36)34-11-9-33(10-12-34)25-17-13-31-23(22(30)24(17)32-14-19(25)35)16-6-4-5-15-7-8-18(29)21(28)20(15)16/h4-8,13-14,35H,9-12H2,1-3H3. The molecule has 2 aromatic carbocycles. The first-order chi connectivity index (χ1) is 17.5. The number of pyridine rings is 2. The Hall–Kier alpha value is -3.72. The summed E-state index contributed by atoms with van der Waals surface area (Å²) >= 11 is 6.25. The first-order valence-corrected chi connectivity index (χ1v) is 12.2. The van der Waals surface area contributed by atoms with Gasteiger partial charge in [-0.25, -0.2) is 18.6 Å². The van der Waals surface area contributed by atoms with E-state index in [0.717, 1.165) is 0 Å². The first kappa shape index (κ1) is 25.0. The maximum atomic E-state index is 15.9. The minimum absolute atomic E-state index is 0.0110. The number of carbonyl (C=O) groups excluding carboxylic acids is 1. The number of nitrogens with zero attached hydrogens (tertiary/aromatic N) is 4. The summed E-state index contributed by atoms with van der Waals surface area (Å²) in [6.07, 6.45) is 2.24. The highest BCUT2D eigenvalue weighted by atomic mass is 35.5. The molecule has 0 unspecified atom stereocenters. The van der Waals surface area contributed by atoms with Crippen molar-refractivity contribution in [1.29, 1.82) is 0 Å². The fraction of sp³-hybridized carbons (Fsp3) is 0.296. The largest absolute Gasteiger partial charge is 0.504 e. The van der Waals surface area contributed by atoms with Crippen LogP contribution in [0.3, 0.4) is 0 Å². The van der Waals surface area contributed by atoms with Gasteiger partial charge in [0, 0.05) is 48.7 Å². The van der Waals surface area contributed by atoms with E-state index < -0.39 is 23.3 Å². The van der Waals surface area contributed by atoms with Crippen LogP contribution in [0.5, 0.6) is 5.75 Å². The molecule has 10 heteroatoms. The normalized spacial score (nSPS) is 14.4. The summed E-state index contributed by atoms with van der Waals surface area (Å²) in [6.45, 7) is 6.95. The Kier molecular flexibility index (Phi) is 6.27. The van der Waals surface area contributed by atoms with Crippen molar-refractivity contribution in [3.63, 3.8) is 0 Å². The van der Waals surface area contributed by atoms with E-state index in [1.54, 1.807) is 49.9 Å². The van der Waals surface area contributed by atoms with E-state index >= 15 is 4.39 Å². The third-order valence-electron chi connectivity index (χ3n) is 6.25. The van der Waals surface area contributed by atoms with Crippen molar-refractivity contribution in [2.24, 2.45) is 0 Å². The van der Waals surface area contributed by atoms with E-state index in [2.05, 4.69) is 9.97 Å². The van der Waals surface area contributed by atoms with Crippen LogP contribution >= 0.6 is 11.6 Å². The molecule has 1 N–H and O–H groups in total. The molecule has 1 saturated heterocycles. The van der Waals surface area contributed by atoms with Gasteiger partial charge in [0.25, 0.3) is 0 Å². The van der Waals surface area contributed by atoms with Crippen LogP contribution in [0.1, 0.15) is 20.8 Å². The number of rotatable bonds is 2. The molecule has 1 aliphatic heterocycles. The molecule has 0 saturated carbocycles. The molecule has 37 heavy (non-hydrogen) atoms. The van der Waals surface area contributed by atoms with Gasteiger partial charge in [-0.3, -0.25) is 4.98 Å². The van der Waals surface area contributed by atoms with Gasteiger partial charge < -0.3 is 19.6 Å². The number of aromatic nitrogens is 2. The number of aromatic hydroxyl groups is 1. The molecular formula is C27H25ClF2N4O3. The summed E-state index contributed by atoms with van der Waals surface area (Å²) in [7, 11) is 0. The number of anilines is 1. The lowest BCUT2D eigenvalue weighted by molar-refractivity contribution is 0.0240. The van der Waals surface area contributed by atoms with Crippen LogP contribution in [0.15, 0.2) is 42.7 Å². The molecule has 0 atom stereocenters. The number of hydrogen-bond donors (Lipinski definition) is 1. The SMILES string of the molecule is CC(C)(C)OC(=O)N1CCN(c2c(O)cnc3c(F)c(-c4cccc5ccc(F)c(Cl)c45)ncc23)CC1. The predicted octanol–water partition coefficient (Wildman–Crippen LogP) is 6.14. The molecule has 3 heterocycles. The van der Waals surface area contributed by atoms with Gasteiger partial charge in [-0.05, 0) is 32.2 Å². The summed E-state index contributed by atoms with van der Waals surface area (Å²) in [6, 6.07) is 7.94. The van der Waals surface area contributed by atoms with Gasteiger partial charge in [-0.1, -0.05) is 35.9 Å². The molecule has 0 aliphatic carbocycles. The van der Waals surface area contributed by atoms with Crippen LogP contribution < -0.4 is 4.90 Å². The summed E-state index contributed by atoms with van der Waals surface area (Å²) in [5, 5.41) is 11.9. The highest BCUT2D eigenvalue weighted by Gasteiger charge is 2.28. The third-order valence-corrected chi connectivity index (χ3v) is 6.61. The van der Waals surface area contributed by atoms with Crippen LogP contribution in [-0.2, 0) is 4.74 Å². The lowest BCUT2D eigenvalue weighted by Gasteiger charge is -2.37. The van der Waals surface area contributed by atoms with E-state index in [-0.39, 0.29) is 22.0 Å². The fourth-order valence-corrected chi connectivity index (χ4v) is 4.84. The van der Waals surface area contributed by atoms with Crippen LogP contribution in [0.25, 0.3) is 32.9 Å². The summed E-state index contributed by atoms with van der Waals surface area (Å²) in [5.74, 6) is -1.44. The molecule has 5 rings (SSSR count). The van der Waals surface area contributed by atoms with Crippen LogP contribution in [0.2, 0.25) is 5.02 Å². The van der Waals surface area contributed by atoms with Crippen molar-refractivity contribution in [3.8, 4) is 17.0 Å². The van der Waals surface area contributed by atoms with Crippen molar-refractivity contribution < 1.29 is 23.4 Å². The Morgan fingerprint density at radius 1 is 1.05 bits per heavy atom. The van der Waals surface area contributed by atoms with E-state index in [1.807, 2.05) is 4.90 Å². The Balaban J connectivity index is 1.52. The number of piperazine rings is 1. The minimum atomic E-state index is -0.709. The molecule has 1 fully saturated rings. The third kappa shape index (κ3) is 4.59. The zero-order valence-electron chi connectivity index (χ0n) is 20.6. The molecule has 7 nitrogen and oxygen atoms in total. The molecule has 0 radical (unpaired) electrons. The molecular weight excluding hydrogens is 502 g/mol. The second-order valence-corrected chi connectivity index (χ2v) is 10.3. The van der Waals surface area contributed by atoms with Crippen molar-refractivity contribution in [2.75, 3.05) is 31.1 Å². The van der Waals surface area contributed by atoms with Crippen molar-refractivity contribution in [1.82, 2.24) is 14.9 Å². The van der Waals surface area contributed by atoms with Gasteiger partial charge in [0.15, 0.2) is 11.6 Å². The minimum Gasteiger partial charge on any atom is -0.504 e. The summed E-state index contributed by atoms with van der Waals surface area (Å²) < 4.78 is 35.6. The monoisotopic (exact) mass is 526 g/mol. The Bertz CT molecular complexity index is 1530. The zero-order chi connectivity index (χ0) is 26.5. The van der Waals surface area contributed by atoms with Crippen LogP contribution in [0.4, 0.5) is 19.3 Å². The number of fused-ring (bicyclic) bond motifs is 2. The van der Waals surface area contributed by atoms with Gasteiger partial charge in [0.1, 0.15) is 22.6 Å². The smallest absolute Gasteiger partial charge is 0.410 e. The molecule has 0 spiro atoms. The summed E-state index contributed by atoms with van der Waals surface area (Å²) in [5.41, 5.74) is 0.105. The lowest BCUT2D eigenvalue weighted by Crippen LogP contribution is -2.50. The average molecular weight is 527 g/mol. The van der Waals surface area contributed by atoms with E-state index in [0.29, 0.717) is 53.6 Å². The fourth-order valence-electron chi connectivity index (χ4n) is 4.57. The predicted molar refractivity (Wildman–Crippen MR) is 139 cm³/mol. The Labute approximate surface area is 217 Å². The quantitative estimate of drug-likeness (QED) is 0.338. The highest BCUT2D eigenvalue weighted by Crippen LogP contribution is 2.40. The summed E-state index contributed by atoms with van der Waals surface area (Å²) in [4.78, 5) is 24.4. The molecule has 4 aromatic rings. The second kappa shape index (κ2) is 9.30. The molecule has 1 aliphatic rings. The van der Waals surface area contributed by atoms with Crippen molar-refractivity contribution >= 4 is 45.1 Å². The maximum absolute atomic E-state index is 15.9. The average Bonchev–Trinajstić information content (AvgIpc) is 2.85. The number of hydrogen-bond acceptors (Lipinski definition) is 6. The van der Waals surface area contributed by atoms with Crippen molar-refractivity contribution in [2.45, 2.75) is 26.4 Å². The lowest BCUT2D eigenvalue weighted by atomic mass is 10.00. The zero-order valence-corrected chi connectivity index (χ0v) is 21.3. The van der Waals surface area contributed by atoms with E-state index in [1.165, 1.54) is 18.5 Å². The second-order valence-electron chi connectivity index (χ2n) is 9.89. The van der Waals surface area contributed by atoms with Crippen LogP contribution in [-0.4, -0.2) is 57.8 Å². The topological polar surface area (TPSA) is 78.8 Å². The number of benzene rings is 2. The molecule has 0 bridgehead atoms. The highest BCUT2D eigenvalue weighted by molar-refractivity contribution is 6.36. The maximum Gasteiger partial charge on any atom is 0.410 e. The molecule has 192 valence electrons. The van der Waals surface area contributed by atoms with Gasteiger partial charge >= 0.3 is 6.09 Å². The molecule has 2 aromatic heterocycles. The van der Waals surface area contributed by atoms with Gasteiger partial charge in [-0.2, -0.15) is 0 Å². The Morgan fingerprint density at radius 2 is 1.78 bits per heavy atom. The van der Waals surface area contributed by atoms with Gasteiger partial charge in [0.05, 0.1) is 16.9 Å². The molecule has 1 amide bonds. The van der Waals surface area contributed by atoms with Crippen LogP contribution in [0, 0.1) is 11.6 Å². The van der Waals surface area contributed by atoms with Gasteiger partial charge in [-0.15, -0.1) is 0 Å².